The molecule has 0 heterocycles. The Bertz CT molecular complexity index is 132. The van der Waals surface area contributed by atoms with Crippen LogP contribution in [0.5, 0.6) is 0 Å². The third kappa shape index (κ3) is 5.01. The van der Waals surface area contributed by atoms with Crippen molar-refractivity contribution in [3.05, 3.63) is 24.3 Å². The second-order valence-corrected chi connectivity index (χ2v) is 1.78. The van der Waals surface area contributed by atoms with Gasteiger partial charge in [0.25, 0.3) is 0 Å². The first kappa shape index (κ1) is 8.15. The summed E-state index contributed by atoms with van der Waals surface area (Å²) in [4.78, 5) is 4.01. The van der Waals surface area contributed by atoms with Crippen molar-refractivity contribution in [2.75, 3.05) is 6.54 Å². The normalized spacial score (nSPS) is 12.4. The molecule has 0 rings (SSSR count). The van der Waals surface area contributed by atoms with E-state index in [1.165, 1.54) is 5.57 Å². The topological polar surface area (TPSA) is 12.4 Å². The lowest BCUT2D eigenvalue weighted by Crippen LogP contribution is -1.74. The van der Waals surface area contributed by atoms with Crippen molar-refractivity contribution >= 4 is 6.21 Å². The molecular formula is C8H13N. The molecule has 0 saturated carbocycles. The van der Waals surface area contributed by atoms with Gasteiger partial charge in [-0.25, -0.2) is 0 Å². The van der Waals surface area contributed by atoms with Crippen LogP contribution < -0.4 is 0 Å². The summed E-state index contributed by atoms with van der Waals surface area (Å²) in [5, 5.41) is 0. The van der Waals surface area contributed by atoms with E-state index in [1.54, 1.807) is 6.21 Å². The molecule has 0 saturated heterocycles. The minimum absolute atomic E-state index is 0.772. The zero-order valence-electron chi connectivity index (χ0n) is 6.09. The smallest absolute Gasteiger partial charge is 0.0571 e. The van der Waals surface area contributed by atoms with Crippen LogP contribution >= 0.6 is 0 Å². The lowest BCUT2D eigenvalue weighted by Gasteiger charge is -1.85. The third-order valence-electron chi connectivity index (χ3n) is 1.02. The van der Waals surface area contributed by atoms with Gasteiger partial charge in [-0.1, -0.05) is 24.3 Å². The summed E-state index contributed by atoms with van der Waals surface area (Å²) in [5.74, 6) is 0. The average molecular weight is 123 g/mol. The molecule has 0 unspecified atom stereocenters. The van der Waals surface area contributed by atoms with E-state index in [9.17, 15) is 0 Å². The predicted octanol–water partition coefficient (Wildman–Crippen LogP) is 2.21. The Kier molecular flexibility index (Phi) is 4.79. The molecule has 1 heteroatoms. The average Bonchev–Trinajstić information content (AvgIpc) is 1.89. The van der Waals surface area contributed by atoms with Crippen molar-refractivity contribution in [1.29, 1.82) is 0 Å². The monoisotopic (exact) mass is 123 g/mol. The van der Waals surface area contributed by atoms with E-state index in [4.69, 9.17) is 0 Å². The van der Waals surface area contributed by atoms with Crippen LogP contribution in [0.4, 0.5) is 0 Å². The largest absolute Gasteiger partial charge is 0.294 e. The van der Waals surface area contributed by atoms with Gasteiger partial charge in [0.15, 0.2) is 0 Å². The summed E-state index contributed by atoms with van der Waals surface area (Å²) in [7, 11) is 0. The molecule has 0 N–H and O–H groups in total. The minimum Gasteiger partial charge on any atom is -0.294 e. The summed E-state index contributed by atoms with van der Waals surface area (Å²) >= 11 is 0. The highest BCUT2D eigenvalue weighted by molar-refractivity contribution is 5.53. The maximum absolute atomic E-state index is 4.01. The molecule has 0 bridgehead atoms. The van der Waals surface area contributed by atoms with E-state index in [2.05, 4.69) is 11.6 Å². The Morgan fingerprint density at radius 3 is 2.78 bits per heavy atom. The Labute approximate surface area is 56.8 Å². The molecule has 0 spiro atoms. The zero-order valence-corrected chi connectivity index (χ0v) is 6.09. The fourth-order valence-corrected chi connectivity index (χ4v) is 0.385. The predicted molar refractivity (Wildman–Crippen MR) is 43.0 cm³/mol. The summed E-state index contributed by atoms with van der Waals surface area (Å²) in [6.07, 6.45) is 5.66. The van der Waals surface area contributed by atoms with Gasteiger partial charge in [-0.3, -0.25) is 4.99 Å². The van der Waals surface area contributed by atoms with Gasteiger partial charge in [-0.2, -0.15) is 0 Å². The number of allylic oxidation sites excluding steroid dienone is 2. The first-order chi connectivity index (χ1) is 4.31. The van der Waals surface area contributed by atoms with Crippen LogP contribution in [-0.4, -0.2) is 12.8 Å². The molecule has 1 nitrogen and oxygen atoms in total. The molecule has 0 aliphatic heterocycles. The SMILES string of the molecule is C=C/C(C)=C\CN=CC. The second kappa shape index (κ2) is 5.29. The first-order valence-electron chi connectivity index (χ1n) is 3.05. The lowest BCUT2D eigenvalue weighted by molar-refractivity contribution is 1.23. The van der Waals surface area contributed by atoms with Gasteiger partial charge >= 0.3 is 0 Å². The zero-order chi connectivity index (χ0) is 7.11. The van der Waals surface area contributed by atoms with E-state index < -0.39 is 0 Å². The van der Waals surface area contributed by atoms with Gasteiger partial charge in [0.1, 0.15) is 0 Å². The highest BCUT2D eigenvalue weighted by atomic mass is 14.7. The van der Waals surface area contributed by atoms with Gasteiger partial charge < -0.3 is 0 Å². The molecule has 0 aromatic carbocycles. The van der Waals surface area contributed by atoms with Gasteiger partial charge in [-0.15, -0.1) is 0 Å². The first-order valence-corrected chi connectivity index (χ1v) is 3.05. The van der Waals surface area contributed by atoms with Crippen molar-refractivity contribution in [3.8, 4) is 0 Å². The summed E-state index contributed by atoms with van der Waals surface area (Å²) < 4.78 is 0. The molecule has 0 aliphatic carbocycles. The van der Waals surface area contributed by atoms with Crippen LogP contribution in [0.15, 0.2) is 29.3 Å². The van der Waals surface area contributed by atoms with E-state index in [0.717, 1.165) is 6.54 Å². The number of rotatable bonds is 3. The molecule has 0 aromatic rings. The highest BCUT2D eigenvalue weighted by Gasteiger charge is 1.74. The summed E-state index contributed by atoms with van der Waals surface area (Å²) in [6, 6.07) is 0. The summed E-state index contributed by atoms with van der Waals surface area (Å²) in [6.45, 7) is 8.32. The van der Waals surface area contributed by atoms with Gasteiger partial charge in [0.2, 0.25) is 0 Å². The van der Waals surface area contributed by atoms with Crippen LogP contribution in [0.2, 0.25) is 0 Å². The molecule has 0 radical (unpaired) electrons. The van der Waals surface area contributed by atoms with Crippen LogP contribution in [-0.2, 0) is 0 Å². The molecule has 0 atom stereocenters. The molecule has 9 heavy (non-hydrogen) atoms. The minimum atomic E-state index is 0.772. The molecule has 50 valence electrons. The van der Waals surface area contributed by atoms with Gasteiger partial charge in [-0.05, 0) is 20.1 Å². The summed E-state index contributed by atoms with van der Waals surface area (Å²) in [5.41, 5.74) is 1.18. The van der Waals surface area contributed by atoms with Crippen LogP contribution in [0.3, 0.4) is 0 Å². The third-order valence-corrected chi connectivity index (χ3v) is 1.02. The van der Waals surface area contributed by atoms with Crippen LogP contribution in [0, 0.1) is 0 Å². The Hall–Kier alpha value is -0.850. The van der Waals surface area contributed by atoms with E-state index in [1.807, 2.05) is 26.0 Å². The maximum atomic E-state index is 4.01. The fourth-order valence-electron chi connectivity index (χ4n) is 0.385. The number of aliphatic imine (C=N–C) groups is 1. The Balaban J connectivity index is 3.56. The second-order valence-electron chi connectivity index (χ2n) is 1.78. The van der Waals surface area contributed by atoms with E-state index in [-0.39, 0.29) is 0 Å². The molecule has 0 aromatic heterocycles. The highest BCUT2D eigenvalue weighted by Crippen LogP contribution is 1.90. The van der Waals surface area contributed by atoms with E-state index in [0.29, 0.717) is 0 Å². The Morgan fingerprint density at radius 1 is 1.67 bits per heavy atom. The molecule has 0 fully saturated rings. The Morgan fingerprint density at radius 2 is 2.33 bits per heavy atom. The van der Waals surface area contributed by atoms with Crippen molar-refractivity contribution in [2.45, 2.75) is 13.8 Å². The maximum Gasteiger partial charge on any atom is 0.0571 e. The van der Waals surface area contributed by atoms with Gasteiger partial charge in [0, 0.05) is 0 Å². The van der Waals surface area contributed by atoms with Crippen LogP contribution in [0.25, 0.3) is 0 Å². The number of hydrogen-bond donors (Lipinski definition) is 0. The quantitative estimate of drug-likeness (QED) is 0.403. The molecule has 0 amide bonds. The van der Waals surface area contributed by atoms with Gasteiger partial charge in [0.05, 0.1) is 6.54 Å². The number of hydrogen-bond acceptors (Lipinski definition) is 1. The van der Waals surface area contributed by atoms with Crippen molar-refractivity contribution in [3.63, 3.8) is 0 Å². The van der Waals surface area contributed by atoms with Crippen molar-refractivity contribution in [2.24, 2.45) is 4.99 Å². The molecular weight excluding hydrogens is 110 g/mol. The van der Waals surface area contributed by atoms with E-state index >= 15 is 0 Å². The number of nitrogens with zero attached hydrogens (tertiary/aromatic N) is 1. The fraction of sp³-hybridized carbons (Fsp3) is 0.375. The van der Waals surface area contributed by atoms with Crippen molar-refractivity contribution in [1.82, 2.24) is 0 Å². The standard InChI is InChI=1S/C8H13N/c1-4-8(3)6-7-9-5-2/h4-6H,1,7H2,2-3H3/b8-6-,9-5?. The van der Waals surface area contributed by atoms with Crippen LogP contribution in [0.1, 0.15) is 13.8 Å². The van der Waals surface area contributed by atoms with Crippen molar-refractivity contribution < 1.29 is 0 Å². The lowest BCUT2D eigenvalue weighted by atomic mass is 10.3. The molecule has 0 aliphatic rings.